The highest BCUT2D eigenvalue weighted by atomic mass is 19.4. The molecule has 0 aliphatic heterocycles. The number of para-hydroxylation sites is 1. The first-order chi connectivity index (χ1) is 12.8. The number of amides is 1. The first kappa shape index (κ1) is 20.7. The van der Waals surface area contributed by atoms with Crippen LogP contribution in [0.3, 0.4) is 0 Å². The summed E-state index contributed by atoms with van der Waals surface area (Å²) in [5.41, 5.74) is 1.39. The molecule has 2 aromatic rings. The fourth-order valence-electron chi connectivity index (χ4n) is 2.14. The van der Waals surface area contributed by atoms with Gasteiger partial charge in [0.1, 0.15) is 6.61 Å². The number of nitrogens with one attached hydrogen (secondary N) is 1. The van der Waals surface area contributed by atoms with Gasteiger partial charge in [0, 0.05) is 6.54 Å². The zero-order valence-electron chi connectivity index (χ0n) is 14.4. The Morgan fingerprint density at radius 3 is 2.33 bits per heavy atom. The number of halogens is 4. The van der Waals surface area contributed by atoms with Crippen LogP contribution < -0.4 is 10.1 Å². The Hall–Kier alpha value is -2.61. The second kappa shape index (κ2) is 9.91. The molecule has 8 heteroatoms. The summed E-state index contributed by atoms with van der Waals surface area (Å²) in [6, 6.07) is 12.6. The largest absolute Gasteiger partial charge is 0.490 e. The van der Waals surface area contributed by atoms with E-state index in [2.05, 4.69) is 10.1 Å². The van der Waals surface area contributed by atoms with Crippen molar-refractivity contribution in [2.24, 2.45) is 0 Å². The predicted octanol–water partition coefficient (Wildman–Crippen LogP) is 3.99. The first-order valence-corrected chi connectivity index (χ1v) is 8.20. The molecule has 0 atom stereocenters. The van der Waals surface area contributed by atoms with Crippen LogP contribution in [0.4, 0.5) is 17.6 Å². The molecule has 0 aromatic heterocycles. The zero-order valence-corrected chi connectivity index (χ0v) is 14.4. The van der Waals surface area contributed by atoms with E-state index in [1.54, 1.807) is 36.4 Å². The Balaban J connectivity index is 1.66. The van der Waals surface area contributed by atoms with Crippen molar-refractivity contribution in [3.8, 4) is 5.75 Å². The Morgan fingerprint density at radius 2 is 1.67 bits per heavy atom. The Bertz CT molecular complexity index is 732. The minimum absolute atomic E-state index is 0.0439. The van der Waals surface area contributed by atoms with Crippen LogP contribution in [0.5, 0.6) is 5.75 Å². The highest BCUT2D eigenvalue weighted by Gasteiger charge is 2.27. The minimum Gasteiger partial charge on any atom is -0.490 e. The van der Waals surface area contributed by atoms with E-state index >= 15 is 0 Å². The van der Waals surface area contributed by atoms with Gasteiger partial charge in [-0.05, 0) is 23.3 Å². The van der Waals surface area contributed by atoms with Gasteiger partial charge in [-0.2, -0.15) is 13.2 Å². The number of carbonyl (C=O) groups is 1. The summed E-state index contributed by atoms with van der Waals surface area (Å²) >= 11 is 0. The molecule has 0 aliphatic rings. The fourth-order valence-corrected chi connectivity index (χ4v) is 2.14. The van der Waals surface area contributed by atoms with Crippen LogP contribution in [0, 0.1) is 5.82 Å². The summed E-state index contributed by atoms with van der Waals surface area (Å²) in [4.78, 5) is 11.8. The van der Waals surface area contributed by atoms with Crippen molar-refractivity contribution in [1.82, 2.24) is 5.32 Å². The van der Waals surface area contributed by atoms with E-state index in [-0.39, 0.29) is 37.8 Å². The number of benzene rings is 2. The van der Waals surface area contributed by atoms with Gasteiger partial charge in [0.15, 0.2) is 11.6 Å². The lowest BCUT2D eigenvalue weighted by Gasteiger charge is -2.09. The smallest absolute Gasteiger partial charge is 0.411 e. The van der Waals surface area contributed by atoms with E-state index in [4.69, 9.17) is 4.74 Å². The highest BCUT2D eigenvalue weighted by molar-refractivity contribution is 5.76. The second-order valence-electron chi connectivity index (χ2n) is 5.73. The fraction of sp³-hybridized carbons (Fsp3) is 0.316. The molecule has 0 radical (unpaired) electrons. The molecule has 27 heavy (non-hydrogen) atoms. The van der Waals surface area contributed by atoms with Crippen molar-refractivity contribution in [3.05, 3.63) is 65.5 Å². The molecule has 1 N–H and O–H groups in total. The monoisotopic (exact) mass is 385 g/mol. The molecular weight excluding hydrogens is 366 g/mol. The van der Waals surface area contributed by atoms with E-state index in [1.807, 2.05) is 0 Å². The summed E-state index contributed by atoms with van der Waals surface area (Å²) in [7, 11) is 0. The molecule has 4 nitrogen and oxygen atoms in total. The van der Waals surface area contributed by atoms with Gasteiger partial charge in [0.25, 0.3) is 0 Å². The summed E-state index contributed by atoms with van der Waals surface area (Å²) in [5, 5.41) is 2.69. The van der Waals surface area contributed by atoms with Gasteiger partial charge in [0.05, 0.1) is 19.6 Å². The molecule has 0 saturated carbocycles. The van der Waals surface area contributed by atoms with Crippen LogP contribution in [0.1, 0.15) is 17.5 Å². The van der Waals surface area contributed by atoms with Crippen molar-refractivity contribution in [2.45, 2.75) is 25.7 Å². The predicted molar refractivity (Wildman–Crippen MR) is 90.5 cm³/mol. The van der Waals surface area contributed by atoms with Crippen LogP contribution in [0.2, 0.25) is 0 Å². The minimum atomic E-state index is -4.35. The topological polar surface area (TPSA) is 47.6 Å². The molecule has 0 unspecified atom stereocenters. The average molecular weight is 385 g/mol. The molecule has 0 bridgehead atoms. The number of carbonyl (C=O) groups excluding carboxylic acids is 1. The maximum Gasteiger partial charge on any atom is 0.411 e. The van der Waals surface area contributed by atoms with Crippen molar-refractivity contribution >= 4 is 5.91 Å². The summed E-state index contributed by atoms with van der Waals surface area (Å²) in [6.07, 6.45) is -4.28. The van der Waals surface area contributed by atoms with Gasteiger partial charge < -0.3 is 14.8 Å². The van der Waals surface area contributed by atoms with Crippen LogP contribution in [0.15, 0.2) is 48.5 Å². The lowest BCUT2D eigenvalue weighted by molar-refractivity contribution is -0.176. The third kappa shape index (κ3) is 8.08. The molecule has 2 rings (SSSR count). The van der Waals surface area contributed by atoms with Crippen LogP contribution in [0.25, 0.3) is 0 Å². The molecule has 2 aromatic carbocycles. The molecule has 146 valence electrons. The highest BCUT2D eigenvalue weighted by Crippen LogP contribution is 2.16. The lowest BCUT2D eigenvalue weighted by atomic mass is 10.1. The molecule has 1 amide bonds. The van der Waals surface area contributed by atoms with E-state index < -0.39 is 18.6 Å². The van der Waals surface area contributed by atoms with E-state index in [1.165, 1.54) is 12.1 Å². The number of rotatable bonds is 9. The summed E-state index contributed by atoms with van der Waals surface area (Å²) in [6.45, 7) is -1.12. The number of hydrogen-bond acceptors (Lipinski definition) is 3. The lowest BCUT2D eigenvalue weighted by Crippen LogP contribution is -2.24. The molecule has 0 heterocycles. The number of alkyl halides is 3. The summed E-state index contributed by atoms with van der Waals surface area (Å²) in [5.74, 6) is -0.658. The van der Waals surface area contributed by atoms with Gasteiger partial charge >= 0.3 is 6.18 Å². The normalized spacial score (nSPS) is 11.3. The second-order valence-corrected chi connectivity index (χ2v) is 5.73. The third-order valence-corrected chi connectivity index (χ3v) is 3.47. The van der Waals surface area contributed by atoms with Crippen molar-refractivity contribution < 1.29 is 31.8 Å². The molecular formula is C19H19F4NO3. The van der Waals surface area contributed by atoms with Crippen molar-refractivity contribution in [1.29, 1.82) is 0 Å². The van der Waals surface area contributed by atoms with Gasteiger partial charge in [0.2, 0.25) is 5.91 Å². The van der Waals surface area contributed by atoms with Crippen LogP contribution >= 0.6 is 0 Å². The van der Waals surface area contributed by atoms with Crippen molar-refractivity contribution in [3.63, 3.8) is 0 Å². The summed E-state index contributed by atoms with van der Waals surface area (Å²) < 4.78 is 59.2. The average Bonchev–Trinajstić information content (AvgIpc) is 2.62. The van der Waals surface area contributed by atoms with Crippen LogP contribution in [-0.4, -0.2) is 25.3 Å². The SMILES string of the molecule is O=C(CCOc1ccccc1F)NCc1ccc(COCC(F)(F)F)cc1. The van der Waals surface area contributed by atoms with Gasteiger partial charge in [-0.3, -0.25) is 4.79 Å². The van der Waals surface area contributed by atoms with Crippen LogP contribution in [-0.2, 0) is 22.7 Å². The Morgan fingerprint density at radius 1 is 1.00 bits per heavy atom. The zero-order chi connectivity index (χ0) is 19.7. The maximum atomic E-state index is 13.4. The first-order valence-electron chi connectivity index (χ1n) is 8.20. The molecule has 0 aliphatic carbocycles. The van der Waals surface area contributed by atoms with Gasteiger partial charge in [-0.15, -0.1) is 0 Å². The maximum absolute atomic E-state index is 13.4. The van der Waals surface area contributed by atoms with E-state index in [0.29, 0.717) is 5.56 Å². The standard InChI is InChI=1S/C19H19F4NO3/c20-16-3-1-2-4-17(16)27-10-9-18(25)24-11-14-5-7-15(8-6-14)12-26-13-19(21,22)23/h1-8H,9-13H2,(H,24,25). The molecule has 0 saturated heterocycles. The number of ether oxygens (including phenoxy) is 2. The molecule has 0 fully saturated rings. The van der Waals surface area contributed by atoms with E-state index in [9.17, 15) is 22.4 Å². The van der Waals surface area contributed by atoms with Crippen molar-refractivity contribution in [2.75, 3.05) is 13.2 Å². The quantitative estimate of drug-likeness (QED) is 0.664. The van der Waals surface area contributed by atoms with Gasteiger partial charge in [-0.1, -0.05) is 36.4 Å². The van der Waals surface area contributed by atoms with E-state index in [0.717, 1.165) is 5.56 Å². The van der Waals surface area contributed by atoms with Gasteiger partial charge in [-0.25, -0.2) is 4.39 Å². The third-order valence-electron chi connectivity index (χ3n) is 3.47. The Labute approximate surface area is 154 Å². The Kier molecular flexibility index (Phi) is 7.60. The molecule has 0 spiro atoms. The number of hydrogen-bond donors (Lipinski definition) is 1.